The Morgan fingerprint density at radius 1 is 1.00 bits per heavy atom. The molecule has 0 bridgehead atoms. The standard InChI is InChI=1S/C27H44BrN3O3S/c1-21(2)34-26-9-10-27(28)24(20-26)19-23-12-17-30(18-13-23)16-11-22-5-7-25(8-6-22)29-35(32,33)31-14-3-4-15-31/h9-10,20-23,25,29H,3-8,11-19H2,1-2H3. The van der Waals surface area contributed by atoms with Gasteiger partial charge in [0.15, 0.2) is 0 Å². The highest BCUT2D eigenvalue weighted by atomic mass is 79.9. The molecule has 198 valence electrons. The van der Waals surface area contributed by atoms with Gasteiger partial charge in [-0.15, -0.1) is 0 Å². The average molecular weight is 571 g/mol. The van der Waals surface area contributed by atoms with Gasteiger partial charge in [0.25, 0.3) is 10.2 Å². The molecule has 1 aromatic carbocycles. The zero-order valence-electron chi connectivity index (χ0n) is 21.6. The molecular weight excluding hydrogens is 526 g/mol. The van der Waals surface area contributed by atoms with E-state index in [0.29, 0.717) is 13.1 Å². The summed E-state index contributed by atoms with van der Waals surface area (Å²) in [5.74, 6) is 2.44. The molecule has 3 aliphatic rings. The summed E-state index contributed by atoms with van der Waals surface area (Å²) >= 11 is 3.74. The number of hydrogen-bond acceptors (Lipinski definition) is 4. The second-order valence-electron chi connectivity index (χ2n) is 11.1. The van der Waals surface area contributed by atoms with Gasteiger partial charge < -0.3 is 9.64 Å². The van der Waals surface area contributed by atoms with Crippen LogP contribution in [0.4, 0.5) is 0 Å². The van der Waals surface area contributed by atoms with Crippen LogP contribution in [-0.2, 0) is 16.6 Å². The van der Waals surface area contributed by atoms with Crippen molar-refractivity contribution >= 4 is 26.1 Å². The monoisotopic (exact) mass is 569 g/mol. The van der Waals surface area contributed by atoms with Gasteiger partial charge in [-0.05, 0) is 133 Å². The molecule has 1 N–H and O–H groups in total. The van der Waals surface area contributed by atoms with Crippen LogP contribution in [0, 0.1) is 11.8 Å². The third kappa shape index (κ3) is 8.16. The van der Waals surface area contributed by atoms with Gasteiger partial charge in [0.1, 0.15) is 5.75 Å². The average Bonchev–Trinajstić information content (AvgIpc) is 3.38. The summed E-state index contributed by atoms with van der Waals surface area (Å²) in [7, 11) is -3.28. The Balaban J connectivity index is 1.14. The van der Waals surface area contributed by atoms with E-state index < -0.39 is 10.2 Å². The largest absolute Gasteiger partial charge is 0.491 e. The fraction of sp³-hybridized carbons (Fsp3) is 0.778. The molecule has 1 aliphatic carbocycles. The molecule has 8 heteroatoms. The number of nitrogens with one attached hydrogen (secondary N) is 1. The second kappa shape index (κ2) is 12.7. The SMILES string of the molecule is CC(C)Oc1ccc(Br)c(CC2CCN(CCC3CCC(NS(=O)(=O)N4CCCC4)CC3)CC2)c1. The van der Waals surface area contributed by atoms with Crippen molar-refractivity contribution < 1.29 is 13.2 Å². The van der Waals surface area contributed by atoms with Crippen molar-refractivity contribution in [2.45, 2.75) is 90.2 Å². The quantitative estimate of drug-likeness (QED) is 0.411. The fourth-order valence-electron chi connectivity index (χ4n) is 5.93. The number of hydrogen-bond donors (Lipinski definition) is 1. The van der Waals surface area contributed by atoms with E-state index in [-0.39, 0.29) is 12.1 Å². The summed E-state index contributed by atoms with van der Waals surface area (Å²) in [6, 6.07) is 6.50. The minimum absolute atomic E-state index is 0.122. The Morgan fingerprint density at radius 3 is 2.34 bits per heavy atom. The van der Waals surface area contributed by atoms with Crippen LogP contribution < -0.4 is 9.46 Å². The van der Waals surface area contributed by atoms with Gasteiger partial charge in [-0.2, -0.15) is 17.4 Å². The third-order valence-electron chi connectivity index (χ3n) is 8.03. The molecule has 35 heavy (non-hydrogen) atoms. The lowest BCUT2D eigenvalue weighted by Crippen LogP contribution is -2.45. The van der Waals surface area contributed by atoms with E-state index in [1.54, 1.807) is 4.31 Å². The molecule has 3 fully saturated rings. The molecule has 1 aromatic rings. The van der Waals surface area contributed by atoms with Crippen LogP contribution in [0.3, 0.4) is 0 Å². The topological polar surface area (TPSA) is 61.9 Å². The number of nitrogens with zero attached hydrogens (tertiary/aromatic N) is 2. The van der Waals surface area contributed by atoms with Crippen LogP contribution >= 0.6 is 15.9 Å². The molecule has 0 spiro atoms. The molecule has 0 unspecified atom stereocenters. The second-order valence-corrected chi connectivity index (χ2v) is 13.7. The summed E-state index contributed by atoms with van der Waals surface area (Å²) in [6.07, 6.45) is 11.3. The first-order valence-corrected chi connectivity index (χ1v) is 16.0. The number of likely N-dealkylation sites (tertiary alicyclic amines) is 1. The predicted octanol–water partition coefficient (Wildman–Crippen LogP) is 5.37. The lowest BCUT2D eigenvalue weighted by Gasteiger charge is -2.34. The molecule has 0 amide bonds. The summed E-state index contributed by atoms with van der Waals surface area (Å²) in [5.41, 5.74) is 1.36. The minimum Gasteiger partial charge on any atom is -0.491 e. The van der Waals surface area contributed by atoms with E-state index in [4.69, 9.17) is 4.74 Å². The smallest absolute Gasteiger partial charge is 0.279 e. The maximum absolute atomic E-state index is 12.5. The van der Waals surface area contributed by atoms with Gasteiger partial charge >= 0.3 is 0 Å². The fourth-order valence-corrected chi connectivity index (χ4v) is 7.88. The summed E-state index contributed by atoms with van der Waals surface area (Å²) in [4.78, 5) is 2.64. The van der Waals surface area contributed by atoms with Crippen molar-refractivity contribution in [2.75, 3.05) is 32.7 Å². The maximum Gasteiger partial charge on any atom is 0.279 e. The van der Waals surface area contributed by atoms with Crippen LogP contribution in [0.5, 0.6) is 5.75 Å². The lowest BCUT2D eigenvalue weighted by molar-refractivity contribution is 0.164. The van der Waals surface area contributed by atoms with Gasteiger partial charge in [0.05, 0.1) is 6.10 Å². The molecule has 1 saturated carbocycles. The Morgan fingerprint density at radius 2 is 1.69 bits per heavy atom. The number of halogens is 1. The third-order valence-corrected chi connectivity index (χ3v) is 10.5. The number of piperidine rings is 1. The van der Waals surface area contributed by atoms with Crippen molar-refractivity contribution in [3.8, 4) is 5.75 Å². The zero-order valence-corrected chi connectivity index (χ0v) is 24.0. The van der Waals surface area contributed by atoms with E-state index in [1.165, 1.54) is 48.9 Å². The molecule has 0 atom stereocenters. The highest BCUT2D eigenvalue weighted by molar-refractivity contribution is 9.10. The van der Waals surface area contributed by atoms with Crippen molar-refractivity contribution in [3.63, 3.8) is 0 Å². The van der Waals surface area contributed by atoms with Crippen molar-refractivity contribution in [2.24, 2.45) is 11.8 Å². The molecule has 0 aromatic heterocycles. The normalized spacial score (nSPS) is 25.4. The van der Waals surface area contributed by atoms with Crippen LogP contribution in [0.15, 0.2) is 22.7 Å². The van der Waals surface area contributed by atoms with Crippen LogP contribution in [-0.4, -0.2) is 62.5 Å². The van der Waals surface area contributed by atoms with E-state index in [9.17, 15) is 8.42 Å². The molecular formula is C27H44BrN3O3S. The molecule has 2 aliphatic heterocycles. The first-order chi connectivity index (χ1) is 16.8. The van der Waals surface area contributed by atoms with Gasteiger partial charge in [0, 0.05) is 23.6 Å². The first-order valence-electron chi connectivity index (χ1n) is 13.7. The van der Waals surface area contributed by atoms with Crippen molar-refractivity contribution in [1.82, 2.24) is 13.9 Å². The maximum atomic E-state index is 12.5. The Labute approximate surface area is 221 Å². The van der Waals surface area contributed by atoms with Crippen LogP contribution in [0.2, 0.25) is 0 Å². The number of ether oxygens (including phenoxy) is 1. The Bertz CT molecular complexity index is 904. The minimum atomic E-state index is -3.28. The van der Waals surface area contributed by atoms with E-state index >= 15 is 0 Å². The van der Waals surface area contributed by atoms with Gasteiger partial charge in [0.2, 0.25) is 0 Å². The van der Waals surface area contributed by atoms with Gasteiger partial charge in [-0.25, -0.2) is 0 Å². The Kier molecular flexibility index (Phi) is 9.95. The summed E-state index contributed by atoms with van der Waals surface area (Å²) in [6.45, 7) is 9.06. The molecule has 2 heterocycles. The van der Waals surface area contributed by atoms with Crippen LogP contribution in [0.25, 0.3) is 0 Å². The first kappa shape index (κ1) is 27.4. The lowest BCUT2D eigenvalue weighted by atomic mass is 9.84. The summed E-state index contributed by atoms with van der Waals surface area (Å²) < 4.78 is 36.8. The number of rotatable bonds is 10. The molecule has 0 radical (unpaired) electrons. The van der Waals surface area contributed by atoms with Crippen molar-refractivity contribution in [1.29, 1.82) is 0 Å². The van der Waals surface area contributed by atoms with Crippen LogP contribution in [0.1, 0.15) is 77.2 Å². The zero-order chi connectivity index (χ0) is 24.8. The van der Waals surface area contributed by atoms with Gasteiger partial charge in [-0.3, -0.25) is 0 Å². The molecule has 2 saturated heterocycles. The highest BCUT2D eigenvalue weighted by Crippen LogP contribution is 2.31. The Hall–Kier alpha value is -0.670. The van der Waals surface area contributed by atoms with Crippen molar-refractivity contribution in [3.05, 3.63) is 28.2 Å². The van der Waals surface area contributed by atoms with E-state index in [0.717, 1.165) is 62.5 Å². The summed E-state index contributed by atoms with van der Waals surface area (Å²) in [5, 5.41) is 0. The highest BCUT2D eigenvalue weighted by Gasteiger charge is 2.30. The number of benzene rings is 1. The van der Waals surface area contributed by atoms with E-state index in [1.807, 2.05) is 6.07 Å². The predicted molar refractivity (Wildman–Crippen MR) is 146 cm³/mol. The van der Waals surface area contributed by atoms with Gasteiger partial charge in [-0.1, -0.05) is 15.9 Å². The van der Waals surface area contributed by atoms with E-state index in [2.05, 4.69) is 51.5 Å². The molecule has 6 nitrogen and oxygen atoms in total. The molecule has 4 rings (SSSR count).